The summed E-state index contributed by atoms with van der Waals surface area (Å²) in [6.45, 7) is 0. The fourth-order valence-corrected chi connectivity index (χ4v) is 1.60. The normalized spacial score (nSPS) is 28.9. The molecular weight excluding hydrogens is 166 g/mol. The molecule has 66 valence electrons. The molecule has 0 radical (unpaired) electrons. The number of allylic oxidation sites excluding steroid dienone is 6. The molecule has 2 rings (SSSR count). The van der Waals surface area contributed by atoms with Crippen molar-refractivity contribution in [2.45, 2.75) is 6.42 Å². The van der Waals surface area contributed by atoms with Crippen LogP contribution in [0.5, 0.6) is 0 Å². The van der Waals surface area contributed by atoms with E-state index in [4.69, 9.17) is 0 Å². The number of nitrogens with zero attached hydrogens (tertiary/aromatic N) is 1. The minimum atomic E-state index is -0.205. The van der Waals surface area contributed by atoms with Crippen molar-refractivity contribution in [1.29, 1.82) is 0 Å². The Kier molecular flexibility index (Phi) is 1.85. The lowest BCUT2D eigenvalue weighted by atomic mass is 9.83. The van der Waals surface area contributed by atoms with Crippen molar-refractivity contribution in [1.82, 2.24) is 0 Å². The summed E-state index contributed by atoms with van der Waals surface area (Å²) < 4.78 is 0. The summed E-state index contributed by atoms with van der Waals surface area (Å²) in [5.41, 5.74) is 1.13. The Balaban J connectivity index is 2.44. The first-order valence-corrected chi connectivity index (χ1v) is 4.11. The van der Waals surface area contributed by atoms with Gasteiger partial charge < -0.3 is 10.4 Å². The molecule has 0 aliphatic heterocycles. The first-order chi connectivity index (χ1) is 6.33. The van der Waals surface area contributed by atoms with Gasteiger partial charge >= 0.3 is 0 Å². The van der Waals surface area contributed by atoms with E-state index in [1.807, 2.05) is 30.4 Å². The third-order valence-corrected chi connectivity index (χ3v) is 2.26. The fourth-order valence-electron chi connectivity index (χ4n) is 1.60. The molecule has 2 aliphatic carbocycles. The summed E-state index contributed by atoms with van der Waals surface area (Å²) in [7, 11) is 0. The average molecular weight is 174 g/mol. The molecule has 3 nitrogen and oxygen atoms in total. The second-order valence-electron chi connectivity index (χ2n) is 3.03. The predicted molar refractivity (Wildman–Crippen MR) is 50.3 cm³/mol. The Morgan fingerprint density at radius 2 is 2.31 bits per heavy atom. The molecule has 0 saturated heterocycles. The van der Waals surface area contributed by atoms with Gasteiger partial charge in [-0.15, -0.1) is 0 Å². The maximum absolute atomic E-state index is 11.2. The van der Waals surface area contributed by atoms with Gasteiger partial charge in [0.05, 0.1) is 5.71 Å². The Hall–Kier alpha value is -1.64. The smallest absolute Gasteiger partial charge is 0.180 e. The van der Waals surface area contributed by atoms with Crippen molar-refractivity contribution >= 4 is 11.5 Å². The van der Waals surface area contributed by atoms with Gasteiger partial charge in [-0.1, -0.05) is 30.4 Å². The van der Waals surface area contributed by atoms with E-state index in [1.54, 1.807) is 0 Å². The van der Waals surface area contributed by atoms with Crippen molar-refractivity contribution < 1.29 is 4.79 Å². The van der Waals surface area contributed by atoms with Crippen LogP contribution in [-0.4, -0.2) is 11.5 Å². The molecule has 0 saturated carbocycles. The Labute approximate surface area is 75.7 Å². The number of Topliss-reactive ketones (excluding diaryl/α,β-unsaturated/α-hetero) is 1. The number of hydrogen-bond acceptors (Lipinski definition) is 3. The lowest BCUT2D eigenvalue weighted by molar-refractivity contribution is -0.112. The summed E-state index contributed by atoms with van der Waals surface area (Å²) in [6, 6.07) is 0. The highest BCUT2D eigenvalue weighted by molar-refractivity contribution is 6.42. The molecule has 0 heterocycles. The van der Waals surface area contributed by atoms with E-state index in [-0.39, 0.29) is 17.4 Å². The molecule has 0 amide bonds. The van der Waals surface area contributed by atoms with Crippen LogP contribution in [0, 0.1) is 11.1 Å². The van der Waals surface area contributed by atoms with Gasteiger partial charge in [-0.05, 0) is 5.57 Å². The fraction of sp³-hybridized carbons (Fsp3) is 0.200. The lowest BCUT2D eigenvalue weighted by Gasteiger charge is -2.23. The zero-order chi connectivity index (χ0) is 9.26. The maximum Gasteiger partial charge on any atom is 0.180 e. The van der Waals surface area contributed by atoms with E-state index in [0.29, 0.717) is 6.42 Å². The van der Waals surface area contributed by atoms with Crippen molar-refractivity contribution in [3.8, 4) is 0 Å². The molecular formula is C10H8NO2-. The molecule has 0 spiro atoms. The molecule has 3 heteroatoms. The van der Waals surface area contributed by atoms with Gasteiger partial charge in [0, 0.05) is 12.3 Å². The van der Waals surface area contributed by atoms with Crippen LogP contribution in [-0.2, 0) is 4.79 Å². The summed E-state index contributed by atoms with van der Waals surface area (Å²) in [6.07, 6.45) is 9.58. The van der Waals surface area contributed by atoms with Gasteiger partial charge in [-0.2, -0.15) is 0 Å². The highest BCUT2D eigenvalue weighted by Gasteiger charge is 2.26. The van der Waals surface area contributed by atoms with Crippen LogP contribution in [0.15, 0.2) is 41.1 Å². The first-order valence-electron chi connectivity index (χ1n) is 4.11. The highest BCUT2D eigenvalue weighted by atomic mass is 16.4. The summed E-state index contributed by atoms with van der Waals surface area (Å²) in [5.74, 6) is -0.368. The number of ketones is 1. The Bertz CT molecular complexity index is 361. The zero-order valence-electron chi connectivity index (χ0n) is 6.93. The molecule has 2 aliphatic rings. The van der Waals surface area contributed by atoms with Crippen molar-refractivity contribution in [2.75, 3.05) is 0 Å². The first kappa shape index (κ1) is 7.98. The second kappa shape index (κ2) is 3.01. The lowest BCUT2D eigenvalue weighted by Crippen LogP contribution is -2.27. The minimum absolute atomic E-state index is 0.137. The van der Waals surface area contributed by atoms with Crippen molar-refractivity contribution in [3.63, 3.8) is 0 Å². The zero-order valence-corrected chi connectivity index (χ0v) is 6.93. The van der Waals surface area contributed by atoms with Gasteiger partial charge in [0.2, 0.25) is 0 Å². The van der Waals surface area contributed by atoms with Gasteiger partial charge in [0.25, 0.3) is 0 Å². The molecule has 13 heavy (non-hydrogen) atoms. The molecule has 0 aromatic rings. The topological polar surface area (TPSA) is 52.5 Å². The quantitative estimate of drug-likeness (QED) is 0.523. The SMILES string of the molecule is O=C1CC=C2C=CC=CC2/C1=N/[O-]. The van der Waals surface area contributed by atoms with Crippen LogP contribution in [0.2, 0.25) is 0 Å². The number of carbonyl (C=O) groups excluding carboxylic acids is 1. The summed E-state index contributed by atoms with van der Waals surface area (Å²) in [5, 5.41) is 13.2. The third kappa shape index (κ3) is 1.22. The van der Waals surface area contributed by atoms with Gasteiger partial charge in [-0.3, -0.25) is 4.79 Å². The Morgan fingerprint density at radius 3 is 3.08 bits per heavy atom. The van der Waals surface area contributed by atoms with E-state index in [0.717, 1.165) is 5.57 Å². The number of hydrogen-bond donors (Lipinski definition) is 0. The van der Waals surface area contributed by atoms with Crippen LogP contribution in [0.1, 0.15) is 6.42 Å². The monoisotopic (exact) mass is 174 g/mol. The van der Waals surface area contributed by atoms with E-state index < -0.39 is 0 Å². The molecule has 0 N–H and O–H groups in total. The predicted octanol–water partition coefficient (Wildman–Crippen LogP) is 1.57. The molecule has 0 bridgehead atoms. The molecule has 0 aromatic carbocycles. The second-order valence-corrected chi connectivity index (χ2v) is 3.03. The van der Waals surface area contributed by atoms with Gasteiger partial charge in [-0.25, -0.2) is 0 Å². The van der Waals surface area contributed by atoms with E-state index >= 15 is 0 Å². The van der Waals surface area contributed by atoms with Crippen LogP contribution in [0.3, 0.4) is 0 Å². The molecule has 1 unspecified atom stereocenters. The number of carbonyl (C=O) groups is 1. The number of fused-ring (bicyclic) bond motifs is 1. The number of rotatable bonds is 0. The van der Waals surface area contributed by atoms with Crippen LogP contribution < -0.4 is 0 Å². The van der Waals surface area contributed by atoms with Crippen LogP contribution in [0.4, 0.5) is 0 Å². The molecule has 0 fully saturated rings. The third-order valence-electron chi connectivity index (χ3n) is 2.26. The van der Waals surface area contributed by atoms with E-state index in [9.17, 15) is 10.0 Å². The average Bonchev–Trinajstić information content (AvgIpc) is 2.18. The largest absolute Gasteiger partial charge is 0.792 e. The van der Waals surface area contributed by atoms with Crippen LogP contribution >= 0.6 is 0 Å². The summed E-state index contributed by atoms with van der Waals surface area (Å²) in [4.78, 5) is 11.2. The minimum Gasteiger partial charge on any atom is -0.792 e. The Morgan fingerprint density at radius 1 is 1.46 bits per heavy atom. The summed E-state index contributed by atoms with van der Waals surface area (Å²) >= 11 is 0. The highest BCUT2D eigenvalue weighted by Crippen LogP contribution is 2.25. The van der Waals surface area contributed by atoms with E-state index in [2.05, 4.69) is 5.16 Å². The maximum atomic E-state index is 11.2. The van der Waals surface area contributed by atoms with Crippen molar-refractivity contribution in [3.05, 3.63) is 41.2 Å². The molecule has 1 atom stereocenters. The van der Waals surface area contributed by atoms with Crippen molar-refractivity contribution in [2.24, 2.45) is 11.1 Å². The van der Waals surface area contributed by atoms with E-state index in [1.165, 1.54) is 0 Å². The standard InChI is InChI=1S/C10H9NO2/c12-9-6-5-7-3-1-2-4-8(7)10(9)11-13/h1-5,8,13H,6H2/p-1/b11-10-. The van der Waals surface area contributed by atoms with Gasteiger partial charge in [0.1, 0.15) is 0 Å². The molecule has 0 aromatic heterocycles. The van der Waals surface area contributed by atoms with Crippen LogP contribution in [0.25, 0.3) is 0 Å². The van der Waals surface area contributed by atoms with Gasteiger partial charge in [0.15, 0.2) is 5.78 Å².